The molecular formula is C18H24N4O. The average molecular weight is 312 g/mol. The molecule has 0 aliphatic carbocycles. The summed E-state index contributed by atoms with van der Waals surface area (Å²) in [5, 5.41) is 7.54. The summed E-state index contributed by atoms with van der Waals surface area (Å²) in [6.07, 6.45) is 0.935. The van der Waals surface area contributed by atoms with Gasteiger partial charge >= 0.3 is 6.03 Å². The molecule has 1 atom stereocenters. The molecule has 2 amide bonds. The molecule has 0 spiro atoms. The second kappa shape index (κ2) is 6.44. The van der Waals surface area contributed by atoms with Crippen LogP contribution in [-0.2, 0) is 13.0 Å². The van der Waals surface area contributed by atoms with Crippen LogP contribution in [0.5, 0.6) is 0 Å². The maximum atomic E-state index is 12.4. The molecule has 1 aromatic carbocycles. The average Bonchev–Trinajstić information content (AvgIpc) is 3.08. The number of carbonyl (C=O) groups excluding carboxylic acids is 1. The molecule has 1 unspecified atom stereocenters. The van der Waals surface area contributed by atoms with Crippen LogP contribution in [0.1, 0.15) is 23.9 Å². The first-order valence-corrected chi connectivity index (χ1v) is 8.19. The Morgan fingerprint density at radius 3 is 2.87 bits per heavy atom. The van der Waals surface area contributed by atoms with Crippen molar-refractivity contribution in [3.8, 4) is 0 Å². The topological polar surface area (TPSA) is 50.2 Å². The Morgan fingerprint density at radius 2 is 2.13 bits per heavy atom. The number of urea groups is 1. The van der Waals surface area contributed by atoms with E-state index in [4.69, 9.17) is 0 Å². The van der Waals surface area contributed by atoms with Crippen molar-refractivity contribution >= 4 is 11.7 Å². The Bertz CT molecular complexity index is 707. The molecule has 122 valence electrons. The van der Waals surface area contributed by atoms with E-state index in [0.29, 0.717) is 12.5 Å². The molecule has 3 rings (SSSR count). The van der Waals surface area contributed by atoms with Crippen molar-refractivity contribution in [1.82, 2.24) is 15.1 Å². The number of amides is 2. The monoisotopic (exact) mass is 312 g/mol. The molecule has 5 nitrogen and oxygen atoms in total. The van der Waals surface area contributed by atoms with Crippen molar-refractivity contribution < 1.29 is 4.79 Å². The van der Waals surface area contributed by atoms with Crippen LogP contribution in [0.25, 0.3) is 0 Å². The van der Waals surface area contributed by atoms with Gasteiger partial charge in [-0.1, -0.05) is 25.1 Å². The summed E-state index contributed by atoms with van der Waals surface area (Å²) < 4.78 is 2.01. The molecule has 1 aliphatic rings. The number of para-hydroxylation sites is 1. The number of nitrogens with zero attached hydrogens (tertiary/aromatic N) is 3. The zero-order valence-electron chi connectivity index (χ0n) is 14.0. The largest absolute Gasteiger partial charge is 0.337 e. The quantitative estimate of drug-likeness (QED) is 0.943. The van der Waals surface area contributed by atoms with Crippen LogP contribution < -0.4 is 10.2 Å². The molecule has 0 bridgehead atoms. The summed E-state index contributed by atoms with van der Waals surface area (Å²) >= 11 is 0. The standard InChI is InChI=1S/C18H24N4O/c1-13(12-22-15(3)10-14(2)20-22)11-19-18(23)21-9-8-16-6-4-5-7-17(16)21/h4-7,10,13H,8-9,11-12H2,1-3H3,(H,19,23). The second-order valence-corrected chi connectivity index (χ2v) is 6.43. The predicted octanol–water partition coefficient (Wildman–Crippen LogP) is 2.91. The third kappa shape index (κ3) is 3.38. The molecular weight excluding hydrogens is 288 g/mol. The van der Waals surface area contributed by atoms with E-state index in [2.05, 4.69) is 36.4 Å². The van der Waals surface area contributed by atoms with Gasteiger partial charge in [-0.05, 0) is 43.9 Å². The fourth-order valence-electron chi connectivity index (χ4n) is 3.13. The highest BCUT2D eigenvalue weighted by Crippen LogP contribution is 2.27. The lowest BCUT2D eigenvalue weighted by Gasteiger charge is -2.20. The highest BCUT2D eigenvalue weighted by molar-refractivity contribution is 5.94. The van der Waals surface area contributed by atoms with Crippen LogP contribution in [0.15, 0.2) is 30.3 Å². The van der Waals surface area contributed by atoms with Crippen LogP contribution in [0.4, 0.5) is 10.5 Å². The van der Waals surface area contributed by atoms with Gasteiger partial charge in [0.1, 0.15) is 0 Å². The predicted molar refractivity (Wildman–Crippen MR) is 91.8 cm³/mol. The SMILES string of the molecule is Cc1cc(C)n(CC(C)CNC(=O)N2CCc3ccccc32)n1. The number of benzene rings is 1. The molecule has 2 aromatic rings. The zero-order valence-corrected chi connectivity index (χ0v) is 14.0. The first-order valence-electron chi connectivity index (χ1n) is 8.19. The zero-order chi connectivity index (χ0) is 16.4. The van der Waals surface area contributed by atoms with Crippen molar-refractivity contribution in [2.75, 3.05) is 18.0 Å². The van der Waals surface area contributed by atoms with E-state index in [0.717, 1.165) is 36.6 Å². The second-order valence-electron chi connectivity index (χ2n) is 6.43. The minimum absolute atomic E-state index is 0.00447. The fraction of sp³-hybridized carbons (Fsp3) is 0.444. The van der Waals surface area contributed by atoms with Crippen LogP contribution in [0, 0.1) is 19.8 Å². The molecule has 5 heteroatoms. The number of anilines is 1. The van der Waals surface area contributed by atoms with Gasteiger partial charge in [0.15, 0.2) is 0 Å². The Morgan fingerprint density at radius 1 is 1.35 bits per heavy atom. The maximum absolute atomic E-state index is 12.4. The van der Waals surface area contributed by atoms with Crippen LogP contribution in [0.2, 0.25) is 0 Å². The van der Waals surface area contributed by atoms with Gasteiger partial charge in [-0.3, -0.25) is 9.58 Å². The van der Waals surface area contributed by atoms with Gasteiger partial charge in [-0.15, -0.1) is 0 Å². The first kappa shape index (κ1) is 15.6. The molecule has 2 heterocycles. The Kier molecular flexibility index (Phi) is 4.37. The Labute approximate surface area is 137 Å². The smallest absolute Gasteiger partial charge is 0.321 e. The van der Waals surface area contributed by atoms with Crippen molar-refractivity contribution in [2.24, 2.45) is 5.92 Å². The number of rotatable bonds is 4. The first-order chi connectivity index (χ1) is 11.0. The summed E-state index contributed by atoms with van der Waals surface area (Å²) in [5.74, 6) is 0.329. The molecule has 0 radical (unpaired) electrons. The van der Waals surface area contributed by atoms with E-state index in [9.17, 15) is 4.79 Å². The number of aromatic nitrogens is 2. The van der Waals surface area contributed by atoms with Gasteiger partial charge in [0.2, 0.25) is 0 Å². The highest BCUT2D eigenvalue weighted by Gasteiger charge is 2.24. The molecule has 23 heavy (non-hydrogen) atoms. The number of carbonyl (C=O) groups is 1. The van der Waals surface area contributed by atoms with Crippen molar-refractivity contribution in [1.29, 1.82) is 0 Å². The summed E-state index contributed by atoms with van der Waals surface area (Å²) in [6, 6.07) is 10.2. The Hall–Kier alpha value is -2.30. The molecule has 1 aromatic heterocycles. The number of hydrogen-bond donors (Lipinski definition) is 1. The fourth-order valence-corrected chi connectivity index (χ4v) is 3.13. The molecule has 1 aliphatic heterocycles. The van der Waals surface area contributed by atoms with Gasteiger partial charge in [0.05, 0.1) is 5.69 Å². The van der Waals surface area contributed by atoms with Gasteiger partial charge in [0, 0.05) is 31.0 Å². The summed E-state index contributed by atoms with van der Waals surface area (Å²) in [6.45, 7) is 8.42. The normalized spacial score (nSPS) is 14.7. The lowest BCUT2D eigenvalue weighted by atomic mass is 10.2. The van der Waals surface area contributed by atoms with Crippen molar-refractivity contribution in [2.45, 2.75) is 33.7 Å². The lowest BCUT2D eigenvalue weighted by molar-refractivity contribution is 0.244. The third-order valence-corrected chi connectivity index (χ3v) is 4.32. The Balaban J connectivity index is 1.54. The number of aryl methyl sites for hydroxylation is 2. The van der Waals surface area contributed by atoms with Gasteiger partial charge < -0.3 is 5.32 Å². The molecule has 0 saturated carbocycles. The van der Waals surface area contributed by atoms with E-state index >= 15 is 0 Å². The van der Waals surface area contributed by atoms with Gasteiger partial charge in [-0.2, -0.15) is 5.10 Å². The van der Waals surface area contributed by atoms with Gasteiger partial charge in [-0.25, -0.2) is 4.79 Å². The van der Waals surface area contributed by atoms with E-state index in [1.807, 2.05) is 34.7 Å². The van der Waals surface area contributed by atoms with E-state index in [1.54, 1.807) is 0 Å². The van der Waals surface area contributed by atoms with Crippen molar-refractivity contribution in [3.63, 3.8) is 0 Å². The van der Waals surface area contributed by atoms with Crippen molar-refractivity contribution in [3.05, 3.63) is 47.3 Å². The van der Waals surface area contributed by atoms with E-state index in [1.165, 1.54) is 5.56 Å². The third-order valence-electron chi connectivity index (χ3n) is 4.32. The number of nitrogens with one attached hydrogen (secondary N) is 1. The van der Waals surface area contributed by atoms with Crippen LogP contribution in [-0.4, -0.2) is 28.9 Å². The molecule has 1 N–H and O–H groups in total. The highest BCUT2D eigenvalue weighted by atomic mass is 16.2. The van der Waals surface area contributed by atoms with Gasteiger partial charge in [0.25, 0.3) is 0 Å². The van der Waals surface area contributed by atoms with E-state index < -0.39 is 0 Å². The van der Waals surface area contributed by atoms with E-state index in [-0.39, 0.29) is 6.03 Å². The lowest BCUT2D eigenvalue weighted by Crippen LogP contribution is -2.41. The summed E-state index contributed by atoms with van der Waals surface area (Å²) in [7, 11) is 0. The van der Waals surface area contributed by atoms with Crippen LogP contribution in [0.3, 0.4) is 0 Å². The molecule has 0 saturated heterocycles. The molecule has 0 fully saturated rings. The minimum atomic E-state index is -0.00447. The maximum Gasteiger partial charge on any atom is 0.321 e. The van der Waals surface area contributed by atoms with Crippen LogP contribution >= 0.6 is 0 Å². The number of fused-ring (bicyclic) bond motifs is 1. The number of hydrogen-bond acceptors (Lipinski definition) is 2. The minimum Gasteiger partial charge on any atom is -0.337 e. The summed E-state index contributed by atoms with van der Waals surface area (Å²) in [4.78, 5) is 14.3. The summed E-state index contributed by atoms with van der Waals surface area (Å²) in [5.41, 5.74) is 4.48.